The van der Waals surface area contributed by atoms with E-state index in [0.29, 0.717) is 12.0 Å². The standard InChI is InChI=1S/C16H27N3O/c1-6-19(11-12(2)3)16(20)18-15-9-7-14(8-10-15)13(4)17-5/h7-10,12-13,17H,6,11H2,1-5H3,(H,18,20). The van der Waals surface area contributed by atoms with Crippen LogP contribution in [0.25, 0.3) is 0 Å². The zero-order valence-electron chi connectivity index (χ0n) is 13.2. The van der Waals surface area contributed by atoms with Crippen LogP contribution in [0.2, 0.25) is 0 Å². The number of urea groups is 1. The summed E-state index contributed by atoms with van der Waals surface area (Å²) >= 11 is 0. The monoisotopic (exact) mass is 277 g/mol. The van der Waals surface area contributed by atoms with Gasteiger partial charge >= 0.3 is 6.03 Å². The topological polar surface area (TPSA) is 44.4 Å². The molecule has 0 aliphatic carbocycles. The molecule has 0 saturated carbocycles. The molecule has 1 atom stereocenters. The fourth-order valence-electron chi connectivity index (χ4n) is 2.02. The van der Waals surface area contributed by atoms with Gasteiger partial charge in [0.15, 0.2) is 0 Å². The number of rotatable bonds is 6. The minimum Gasteiger partial charge on any atom is -0.325 e. The van der Waals surface area contributed by atoms with Crippen LogP contribution < -0.4 is 10.6 Å². The maximum Gasteiger partial charge on any atom is 0.321 e. The van der Waals surface area contributed by atoms with E-state index >= 15 is 0 Å². The Morgan fingerprint density at radius 2 is 1.80 bits per heavy atom. The van der Waals surface area contributed by atoms with Crippen molar-refractivity contribution in [3.63, 3.8) is 0 Å². The highest BCUT2D eigenvalue weighted by Crippen LogP contribution is 2.16. The molecular formula is C16H27N3O. The van der Waals surface area contributed by atoms with Crippen LogP contribution >= 0.6 is 0 Å². The molecule has 1 aromatic rings. The first kappa shape index (κ1) is 16.5. The van der Waals surface area contributed by atoms with Crippen molar-refractivity contribution < 1.29 is 4.79 Å². The molecule has 0 fully saturated rings. The Labute approximate surface area is 122 Å². The van der Waals surface area contributed by atoms with E-state index in [1.54, 1.807) is 0 Å². The van der Waals surface area contributed by atoms with Crippen molar-refractivity contribution in [3.8, 4) is 0 Å². The summed E-state index contributed by atoms with van der Waals surface area (Å²) in [7, 11) is 1.94. The van der Waals surface area contributed by atoms with Crippen molar-refractivity contribution in [2.45, 2.75) is 33.7 Å². The number of nitrogens with zero attached hydrogens (tertiary/aromatic N) is 1. The van der Waals surface area contributed by atoms with Gasteiger partial charge in [0.1, 0.15) is 0 Å². The average Bonchev–Trinajstić information content (AvgIpc) is 2.44. The molecule has 0 aromatic heterocycles. The molecule has 0 saturated heterocycles. The van der Waals surface area contributed by atoms with Crippen LogP contribution in [-0.2, 0) is 0 Å². The van der Waals surface area contributed by atoms with Crippen molar-refractivity contribution in [2.75, 3.05) is 25.5 Å². The highest BCUT2D eigenvalue weighted by Gasteiger charge is 2.13. The molecule has 0 radical (unpaired) electrons. The third kappa shape index (κ3) is 4.85. The lowest BCUT2D eigenvalue weighted by molar-refractivity contribution is 0.208. The van der Waals surface area contributed by atoms with Gasteiger partial charge in [-0.3, -0.25) is 0 Å². The van der Waals surface area contributed by atoms with Crippen molar-refractivity contribution in [1.82, 2.24) is 10.2 Å². The maximum atomic E-state index is 12.2. The Morgan fingerprint density at radius 1 is 1.20 bits per heavy atom. The number of hydrogen-bond acceptors (Lipinski definition) is 2. The zero-order chi connectivity index (χ0) is 15.1. The van der Waals surface area contributed by atoms with Crippen LogP contribution in [0.5, 0.6) is 0 Å². The predicted molar refractivity (Wildman–Crippen MR) is 85.0 cm³/mol. The number of carbonyl (C=O) groups excluding carboxylic acids is 1. The minimum atomic E-state index is -0.0318. The van der Waals surface area contributed by atoms with Gasteiger partial charge in [0.2, 0.25) is 0 Å². The molecule has 0 aliphatic rings. The number of hydrogen-bond donors (Lipinski definition) is 2. The van der Waals surface area contributed by atoms with Crippen LogP contribution in [0.3, 0.4) is 0 Å². The summed E-state index contributed by atoms with van der Waals surface area (Å²) in [6.07, 6.45) is 0. The molecule has 20 heavy (non-hydrogen) atoms. The van der Waals surface area contributed by atoms with E-state index in [2.05, 4.69) is 31.4 Å². The Balaban J connectivity index is 2.65. The molecule has 0 heterocycles. The maximum absolute atomic E-state index is 12.2. The normalized spacial score (nSPS) is 12.3. The zero-order valence-corrected chi connectivity index (χ0v) is 13.2. The lowest BCUT2D eigenvalue weighted by atomic mass is 10.1. The molecule has 112 valence electrons. The van der Waals surface area contributed by atoms with E-state index in [1.165, 1.54) is 5.56 Å². The van der Waals surface area contributed by atoms with Crippen molar-refractivity contribution in [1.29, 1.82) is 0 Å². The molecule has 1 rings (SSSR count). The van der Waals surface area contributed by atoms with E-state index in [-0.39, 0.29) is 6.03 Å². The summed E-state index contributed by atoms with van der Waals surface area (Å²) in [4.78, 5) is 14.0. The van der Waals surface area contributed by atoms with Gasteiger partial charge in [-0.2, -0.15) is 0 Å². The molecule has 1 unspecified atom stereocenters. The van der Waals surface area contributed by atoms with Gasteiger partial charge in [-0.15, -0.1) is 0 Å². The van der Waals surface area contributed by atoms with Crippen LogP contribution in [0.1, 0.15) is 39.3 Å². The molecule has 4 heteroatoms. The quantitative estimate of drug-likeness (QED) is 0.836. The fraction of sp³-hybridized carbons (Fsp3) is 0.562. The van der Waals surface area contributed by atoms with Gasteiger partial charge in [0.05, 0.1) is 0 Å². The smallest absolute Gasteiger partial charge is 0.321 e. The minimum absolute atomic E-state index is 0.0318. The van der Waals surface area contributed by atoms with Crippen LogP contribution in [0.15, 0.2) is 24.3 Å². The Morgan fingerprint density at radius 3 is 2.25 bits per heavy atom. The lowest BCUT2D eigenvalue weighted by Gasteiger charge is -2.23. The lowest BCUT2D eigenvalue weighted by Crippen LogP contribution is -2.37. The first-order valence-corrected chi connectivity index (χ1v) is 7.31. The second kappa shape index (κ2) is 7.90. The van der Waals surface area contributed by atoms with Crippen LogP contribution in [-0.4, -0.2) is 31.1 Å². The van der Waals surface area contributed by atoms with Gasteiger partial charge in [0, 0.05) is 24.8 Å². The Bertz CT molecular complexity index is 414. The predicted octanol–water partition coefficient (Wildman–Crippen LogP) is 3.48. The van der Waals surface area contributed by atoms with Crippen molar-refractivity contribution in [3.05, 3.63) is 29.8 Å². The van der Waals surface area contributed by atoms with Gasteiger partial charge in [0.25, 0.3) is 0 Å². The molecular weight excluding hydrogens is 250 g/mol. The number of carbonyl (C=O) groups is 1. The van der Waals surface area contributed by atoms with Gasteiger partial charge < -0.3 is 15.5 Å². The molecule has 2 N–H and O–H groups in total. The largest absolute Gasteiger partial charge is 0.325 e. The van der Waals surface area contributed by atoms with Gasteiger partial charge in [-0.1, -0.05) is 26.0 Å². The van der Waals surface area contributed by atoms with Gasteiger partial charge in [-0.05, 0) is 44.5 Å². The van der Waals surface area contributed by atoms with Crippen molar-refractivity contribution >= 4 is 11.7 Å². The molecule has 1 aromatic carbocycles. The number of anilines is 1. The highest BCUT2D eigenvalue weighted by molar-refractivity contribution is 5.89. The summed E-state index contributed by atoms with van der Waals surface area (Å²) in [5, 5.41) is 6.14. The highest BCUT2D eigenvalue weighted by atomic mass is 16.2. The first-order chi connectivity index (χ1) is 9.47. The van der Waals surface area contributed by atoms with Gasteiger partial charge in [-0.25, -0.2) is 4.79 Å². The SMILES string of the molecule is CCN(CC(C)C)C(=O)Nc1ccc(C(C)NC)cc1. The number of benzene rings is 1. The molecule has 0 bridgehead atoms. The summed E-state index contributed by atoms with van der Waals surface area (Å²) in [6, 6.07) is 8.25. The summed E-state index contributed by atoms with van der Waals surface area (Å²) in [5.41, 5.74) is 2.05. The van der Waals surface area contributed by atoms with E-state index in [9.17, 15) is 4.79 Å². The second-order valence-corrected chi connectivity index (χ2v) is 5.50. The molecule has 2 amide bonds. The molecule has 4 nitrogen and oxygen atoms in total. The van der Waals surface area contributed by atoms with E-state index in [1.807, 2.05) is 43.1 Å². The first-order valence-electron chi connectivity index (χ1n) is 7.31. The Hall–Kier alpha value is -1.55. The van der Waals surface area contributed by atoms with Crippen LogP contribution in [0.4, 0.5) is 10.5 Å². The van der Waals surface area contributed by atoms with E-state index in [4.69, 9.17) is 0 Å². The fourth-order valence-corrected chi connectivity index (χ4v) is 2.02. The number of amides is 2. The average molecular weight is 277 g/mol. The molecule has 0 spiro atoms. The molecule has 0 aliphatic heterocycles. The summed E-state index contributed by atoms with van der Waals surface area (Å²) in [6.45, 7) is 9.83. The van der Waals surface area contributed by atoms with Crippen molar-refractivity contribution in [2.24, 2.45) is 5.92 Å². The summed E-state index contributed by atoms with van der Waals surface area (Å²) in [5.74, 6) is 0.472. The summed E-state index contributed by atoms with van der Waals surface area (Å²) < 4.78 is 0. The van der Waals surface area contributed by atoms with E-state index in [0.717, 1.165) is 18.8 Å². The number of nitrogens with one attached hydrogen (secondary N) is 2. The van der Waals surface area contributed by atoms with Crippen LogP contribution in [0, 0.1) is 5.92 Å². The third-order valence-corrected chi connectivity index (χ3v) is 3.35. The Kier molecular flexibility index (Phi) is 6.52. The van der Waals surface area contributed by atoms with E-state index < -0.39 is 0 Å². The third-order valence-electron chi connectivity index (χ3n) is 3.35. The second-order valence-electron chi connectivity index (χ2n) is 5.50.